The van der Waals surface area contributed by atoms with Gasteiger partial charge >= 0.3 is 0 Å². The number of aryl methyl sites for hydroxylation is 2. The maximum absolute atomic E-state index is 8.56. The molecule has 0 amide bonds. The molecule has 0 aliphatic rings. The first kappa shape index (κ1) is 25.9. The number of hydrogen-bond donors (Lipinski definition) is 2. The second-order valence-corrected chi connectivity index (χ2v) is 8.77. The van der Waals surface area contributed by atoms with Crippen molar-refractivity contribution in [3.05, 3.63) is 84.1 Å². The SMILES string of the molecule is CC(O)CC(C)O.Cc1cc(C)cc(-c2cnc3c4[c-]cccc4c4ccccc4c3n2)c1.[Ir]. The number of aromatic nitrogens is 2. The van der Waals surface area contributed by atoms with E-state index in [0.717, 1.165) is 33.1 Å². The van der Waals surface area contributed by atoms with E-state index in [9.17, 15) is 0 Å². The normalized spacial score (nSPS) is 12.6. The van der Waals surface area contributed by atoms with Crippen molar-refractivity contribution in [3.8, 4) is 11.3 Å². The second-order valence-electron chi connectivity index (χ2n) is 8.77. The van der Waals surface area contributed by atoms with E-state index in [4.69, 9.17) is 20.2 Å². The van der Waals surface area contributed by atoms with Crippen molar-refractivity contribution in [2.24, 2.45) is 0 Å². The number of nitrogens with zero attached hydrogens (tertiary/aromatic N) is 2. The first-order valence-corrected chi connectivity index (χ1v) is 11.3. The fraction of sp³-hybridized carbons (Fsp3) is 0.241. The van der Waals surface area contributed by atoms with E-state index in [0.29, 0.717) is 6.42 Å². The van der Waals surface area contributed by atoms with E-state index in [1.165, 1.54) is 21.9 Å². The fourth-order valence-electron chi connectivity index (χ4n) is 4.30. The monoisotopic (exact) mass is 630 g/mol. The minimum absolute atomic E-state index is 0. The maximum atomic E-state index is 8.56. The third-order valence-electron chi connectivity index (χ3n) is 5.54. The van der Waals surface area contributed by atoms with E-state index < -0.39 is 0 Å². The first-order chi connectivity index (χ1) is 15.8. The van der Waals surface area contributed by atoms with Gasteiger partial charge in [-0.25, -0.2) is 0 Å². The molecule has 0 spiro atoms. The first-order valence-electron chi connectivity index (χ1n) is 11.3. The summed E-state index contributed by atoms with van der Waals surface area (Å²) in [7, 11) is 0. The van der Waals surface area contributed by atoms with Crippen molar-refractivity contribution in [2.75, 3.05) is 0 Å². The molecule has 4 nitrogen and oxygen atoms in total. The molecule has 0 aliphatic heterocycles. The summed E-state index contributed by atoms with van der Waals surface area (Å²) >= 11 is 0. The third kappa shape index (κ3) is 5.68. The van der Waals surface area contributed by atoms with Gasteiger partial charge in [-0.3, -0.25) is 4.98 Å². The molecule has 1 aromatic heterocycles. The van der Waals surface area contributed by atoms with Crippen LogP contribution in [0.25, 0.3) is 43.8 Å². The van der Waals surface area contributed by atoms with Crippen molar-refractivity contribution in [1.82, 2.24) is 9.97 Å². The van der Waals surface area contributed by atoms with Crippen LogP contribution in [0.1, 0.15) is 31.4 Å². The van der Waals surface area contributed by atoms with Gasteiger partial charge < -0.3 is 15.2 Å². The second kappa shape index (κ2) is 11.2. The molecule has 1 heterocycles. The molecule has 2 unspecified atom stereocenters. The van der Waals surface area contributed by atoms with Crippen molar-refractivity contribution < 1.29 is 30.3 Å². The van der Waals surface area contributed by atoms with Crippen molar-refractivity contribution >= 4 is 32.6 Å². The van der Waals surface area contributed by atoms with Gasteiger partial charge in [0.15, 0.2) is 0 Å². The summed E-state index contributed by atoms with van der Waals surface area (Å²) in [5, 5.41) is 21.7. The Hall–Kier alpha value is -2.69. The Bertz CT molecular complexity index is 1370. The molecule has 1 radical (unpaired) electrons. The van der Waals surface area contributed by atoms with Gasteiger partial charge in [-0.05, 0) is 51.6 Å². The van der Waals surface area contributed by atoms with E-state index in [1.54, 1.807) is 13.8 Å². The smallest absolute Gasteiger partial charge is 0.0873 e. The van der Waals surface area contributed by atoms with Crippen LogP contribution in [0.4, 0.5) is 0 Å². The molecular weight excluding hydrogens is 601 g/mol. The molecule has 5 aromatic rings. The van der Waals surface area contributed by atoms with E-state index >= 15 is 0 Å². The summed E-state index contributed by atoms with van der Waals surface area (Å²) in [5.74, 6) is 0. The molecule has 0 saturated carbocycles. The van der Waals surface area contributed by atoms with E-state index in [2.05, 4.69) is 68.4 Å². The summed E-state index contributed by atoms with van der Waals surface area (Å²) in [5.41, 5.74) is 6.33. The average Bonchev–Trinajstić information content (AvgIpc) is 2.78. The van der Waals surface area contributed by atoms with Gasteiger partial charge in [0.2, 0.25) is 0 Å². The standard InChI is InChI=1S/C24H17N2.C5H12O2.Ir/c1-15-11-16(2)13-17(12-15)22-14-25-23-20-9-5-3-7-18(20)19-8-4-6-10-21(19)24(23)26-22;1-4(6)3-5(2)7;/h3-8,10-14H,1-2H3;4-7H,3H2,1-2H3;/q-1;;. The Morgan fingerprint density at radius 2 is 1.44 bits per heavy atom. The number of aliphatic hydroxyl groups is 2. The van der Waals surface area contributed by atoms with Crippen LogP contribution in [0.5, 0.6) is 0 Å². The molecule has 177 valence electrons. The Morgan fingerprint density at radius 1 is 0.824 bits per heavy atom. The quantitative estimate of drug-likeness (QED) is 0.186. The largest absolute Gasteiger partial charge is 0.393 e. The molecule has 5 heteroatoms. The van der Waals surface area contributed by atoms with Gasteiger partial charge in [0.05, 0.1) is 23.4 Å². The van der Waals surface area contributed by atoms with Gasteiger partial charge in [-0.1, -0.05) is 52.2 Å². The third-order valence-corrected chi connectivity index (χ3v) is 5.54. The van der Waals surface area contributed by atoms with Crippen molar-refractivity contribution in [3.63, 3.8) is 0 Å². The van der Waals surface area contributed by atoms with Crippen LogP contribution in [0.2, 0.25) is 0 Å². The Balaban J connectivity index is 0.000000357. The number of rotatable bonds is 3. The summed E-state index contributed by atoms with van der Waals surface area (Å²) in [6.07, 6.45) is 1.60. The molecule has 34 heavy (non-hydrogen) atoms. The topological polar surface area (TPSA) is 66.2 Å². The summed E-state index contributed by atoms with van der Waals surface area (Å²) in [4.78, 5) is 9.82. The predicted molar refractivity (Wildman–Crippen MR) is 136 cm³/mol. The van der Waals surface area contributed by atoms with Gasteiger partial charge in [0, 0.05) is 37.4 Å². The molecular formula is C29H29IrN2O2-. The number of aliphatic hydroxyl groups excluding tert-OH is 2. The van der Waals surface area contributed by atoms with Gasteiger partial charge in [0.1, 0.15) is 0 Å². The Kier molecular flexibility index (Phi) is 8.51. The molecule has 0 aliphatic carbocycles. The molecule has 2 atom stereocenters. The average molecular weight is 630 g/mol. The van der Waals surface area contributed by atoms with E-state index in [1.807, 2.05) is 18.3 Å². The zero-order valence-corrected chi connectivity index (χ0v) is 22.2. The minimum Gasteiger partial charge on any atom is -0.393 e. The van der Waals surface area contributed by atoms with Crippen LogP contribution in [0, 0.1) is 19.9 Å². The van der Waals surface area contributed by atoms with Crippen molar-refractivity contribution in [2.45, 2.75) is 46.3 Å². The molecule has 2 N–H and O–H groups in total. The zero-order chi connectivity index (χ0) is 23.5. The molecule has 0 fully saturated rings. The number of benzene rings is 4. The number of hydrogen-bond acceptors (Lipinski definition) is 4. The Morgan fingerprint density at radius 3 is 2.06 bits per heavy atom. The van der Waals surface area contributed by atoms with Gasteiger partial charge in [-0.15, -0.1) is 29.7 Å². The molecule has 0 bridgehead atoms. The fourth-order valence-corrected chi connectivity index (χ4v) is 4.30. The maximum Gasteiger partial charge on any atom is 0.0873 e. The van der Waals surface area contributed by atoms with Crippen LogP contribution in [-0.4, -0.2) is 32.4 Å². The zero-order valence-electron chi connectivity index (χ0n) is 19.8. The van der Waals surface area contributed by atoms with Gasteiger partial charge in [-0.2, -0.15) is 0 Å². The predicted octanol–water partition coefficient (Wildman–Crippen LogP) is 6.16. The summed E-state index contributed by atoms with van der Waals surface area (Å²) in [6.45, 7) is 7.55. The minimum atomic E-state index is -0.375. The van der Waals surface area contributed by atoms with Crippen LogP contribution < -0.4 is 0 Å². The van der Waals surface area contributed by atoms with Crippen LogP contribution in [-0.2, 0) is 20.1 Å². The molecule has 4 aromatic carbocycles. The molecule has 0 saturated heterocycles. The number of fused-ring (bicyclic) bond motifs is 6. The van der Waals surface area contributed by atoms with Crippen molar-refractivity contribution in [1.29, 1.82) is 0 Å². The van der Waals surface area contributed by atoms with Crippen LogP contribution >= 0.6 is 0 Å². The van der Waals surface area contributed by atoms with Gasteiger partial charge in [0.25, 0.3) is 0 Å². The van der Waals surface area contributed by atoms with Crippen LogP contribution in [0.3, 0.4) is 0 Å². The summed E-state index contributed by atoms with van der Waals surface area (Å²) in [6, 6.07) is 24.4. The Labute approximate surface area is 214 Å². The summed E-state index contributed by atoms with van der Waals surface area (Å²) < 4.78 is 0. The molecule has 5 rings (SSSR count). The van der Waals surface area contributed by atoms with Crippen LogP contribution in [0.15, 0.2) is 66.9 Å². The van der Waals surface area contributed by atoms with E-state index in [-0.39, 0.29) is 32.3 Å².